The third-order valence-corrected chi connectivity index (χ3v) is 6.52. The summed E-state index contributed by atoms with van der Waals surface area (Å²) in [5.41, 5.74) is 0.709. The molecule has 0 fully saturated rings. The Balaban J connectivity index is 2.04. The molecule has 2 aromatic rings. The zero-order valence-electron chi connectivity index (χ0n) is 19.3. The van der Waals surface area contributed by atoms with Crippen LogP contribution in [0.2, 0.25) is 0 Å². The summed E-state index contributed by atoms with van der Waals surface area (Å²) in [5.74, 6) is -0.314. The molecule has 0 unspecified atom stereocenters. The van der Waals surface area contributed by atoms with Gasteiger partial charge in [-0.05, 0) is 48.2 Å². The van der Waals surface area contributed by atoms with Crippen molar-refractivity contribution in [2.24, 2.45) is 11.8 Å². The van der Waals surface area contributed by atoms with Gasteiger partial charge >= 0.3 is 5.97 Å². The number of para-hydroxylation sites is 1. The van der Waals surface area contributed by atoms with Crippen LogP contribution < -0.4 is 4.31 Å². The van der Waals surface area contributed by atoms with Crippen molar-refractivity contribution in [3.63, 3.8) is 0 Å². The highest BCUT2D eigenvalue weighted by molar-refractivity contribution is 7.92. The van der Waals surface area contributed by atoms with E-state index < -0.39 is 16.0 Å². The van der Waals surface area contributed by atoms with Crippen LogP contribution in [-0.4, -0.2) is 51.9 Å². The largest absolute Gasteiger partial charge is 0.452 e. The molecule has 0 aliphatic rings. The molecule has 2 rings (SSSR count). The fourth-order valence-electron chi connectivity index (χ4n) is 3.16. The van der Waals surface area contributed by atoms with Crippen LogP contribution in [0.1, 0.15) is 38.1 Å². The van der Waals surface area contributed by atoms with Crippen LogP contribution in [0.3, 0.4) is 0 Å². The predicted molar refractivity (Wildman–Crippen MR) is 125 cm³/mol. The minimum Gasteiger partial charge on any atom is -0.452 e. The maximum atomic E-state index is 12.8. The third-order valence-electron chi connectivity index (χ3n) is 4.72. The van der Waals surface area contributed by atoms with Gasteiger partial charge in [-0.1, -0.05) is 45.9 Å². The Morgan fingerprint density at radius 1 is 0.875 bits per heavy atom. The average molecular weight is 461 g/mol. The molecular formula is C24H32N2O5S. The molecule has 0 aliphatic carbocycles. The van der Waals surface area contributed by atoms with Gasteiger partial charge in [0.25, 0.3) is 15.9 Å². The van der Waals surface area contributed by atoms with Gasteiger partial charge in [-0.2, -0.15) is 0 Å². The lowest BCUT2D eigenvalue weighted by atomic mass is 10.1. The van der Waals surface area contributed by atoms with Crippen LogP contribution in [0.25, 0.3) is 0 Å². The van der Waals surface area contributed by atoms with Gasteiger partial charge in [-0.25, -0.2) is 13.2 Å². The van der Waals surface area contributed by atoms with Crippen LogP contribution in [-0.2, 0) is 19.6 Å². The van der Waals surface area contributed by atoms with Gasteiger partial charge in [0, 0.05) is 20.1 Å². The van der Waals surface area contributed by atoms with Crippen LogP contribution in [0, 0.1) is 11.8 Å². The van der Waals surface area contributed by atoms with Gasteiger partial charge in [-0.15, -0.1) is 0 Å². The molecule has 0 atom stereocenters. The first-order valence-corrected chi connectivity index (χ1v) is 12.0. The first kappa shape index (κ1) is 25.4. The number of nitrogens with zero attached hydrogens (tertiary/aromatic N) is 2. The number of sulfonamides is 1. The molecule has 7 nitrogen and oxygen atoms in total. The van der Waals surface area contributed by atoms with Gasteiger partial charge < -0.3 is 9.64 Å². The van der Waals surface area contributed by atoms with Crippen LogP contribution >= 0.6 is 0 Å². The van der Waals surface area contributed by atoms with E-state index >= 15 is 0 Å². The molecule has 0 aliphatic heterocycles. The summed E-state index contributed by atoms with van der Waals surface area (Å²) < 4.78 is 32.0. The van der Waals surface area contributed by atoms with Crippen molar-refractivity contribution in [3.05, 3.63) is 60.2 Å². The lowest BCUT2D eigenvalue weighted by Gasteiger charge is -2.26. The SMILES string of the molecule is CC(C)CN(CC(C)C)C(=O)COC(=O)c1ccc(S(=O)(=O)N(C)c2ccccc2)cc1. The smallest absolute Gasteiger partial charge is 0.338 e. The normalized spacial score (nSPS) is 11.5. The lowest BCUT2D eigenvalue weighted by Crippen LogP contribution is -2.39. The molecule has 0 aromatic heterocycles. The number of rotatable bonds is 10. The van der Waals surface area contributed by atoms with E-state index in [4.69, 9.17) is 4.74 Å². The molecule has 32 heavy (non-hydrogen) atoms. The van der Waals surface area contributed by atoms with Crippen molar-refractivity contribution in [1.29, 1.82) is 0 Å². The number of anilines is 1. The highest BCUT2D eigenvalue weighted by Gasteiger charge is 2.22. The quantitative estimate of drug-likeness (QED) is 0.504. The first-order chi connectivity index (χ1) is 15.0. The van der Waals surface area contributed by atoms with Gasteiger partial charge in [0.1, 0.15) is 0 Å². The highest BCUT2D eigenvalue weighted by Crippen LogP contribution is 2.22. The van der Waals surface area contributed by atoms with E-state index in [1.807, 2.05) is 27.7 Å². The maximum Gasteiger partial charge on any atom is 0.338 e. The van der Waals surface area contributed by atoms with E-state index in [9.17, 15) is 18.0 Å². The van der Waals surface area contributed by atoms with Crippen LogP contribution in [0.5, 0.6) is 0 Å². The molecule has 0 bridgehead atoms. The maximum absolute atomic E-state index is 12.8. The van der Waals surface area contributed by atoms with Crippen LogP contribution in [0.15, 0.2) is 59.5 Å². The zero-order chi connectivity index (χ0) is 23.9. The van der Waals surface area contributed by atoms with Crippen molar-refractivity contribution in [2.75, 3.05) is 31.0 Å². The van der Waals surface area contributed by atoms with Gasteiger partial charge in [0.15, 0.2) is 6.61 Å². The zero-order valence-corrected chi connectivity index (χ0v) is 20.1. The summed E-state index contributed by atoms with van der Waals surface area (Å²) in [6, 6.07) is 14.2. The summed E-state index contributed by atoms with van der Waals surface area (Å²) in [6.45, 7) is 8.94. The Hall–Kier alpha value is -2.87. The summed E-state index contributed by atoms with van der Waals surface area (Å²) in [5, 5.41) is 0. The fraction of sp³-hybridized carbons (Fsp3) is 0.417. The number of esters is 1. The molecule has 8 heteroatoms. The molecule has 0 N–H and O–H groups in total. The topological polar surface area (TPSA) is 84.0 Å². The predicted octanol–water partition coefficient (Wildman–Crippen LogP) is 3.81. The van der Waals surface area contributed by atoms with E-state index in [2.05, 4.69) is 0 Å². The Kier molecular flexibility index (Phi) is 8.83. The second-order valence-corrected chi connectivity index (χ2v) is 10.5. The fourth-order valence-corrected chi connectivity index (χ4v) is 4.35. The van der Waals surface area contributed by atoms with Crippen LogP contribution in [0.4, 0.5) is 5.69 Å². The third kappa shape index (κ3) is 6.82. The number of benzene rings is 2. The van der Waals surface area contributed by atoms with E-state index in [0.29, 0.717) is 30.6 Å². The molecule has 174 valence electrons. The molecule has 0 saturated heterocycles. The number of amides is 1. The highest BCUT2D eigenvalue weighted by atomic mass is 32.2. The van der Waals surface area contributed by atoms with Gasteiger partial charge in [0.2, 0.25) is 0 Å². The standard InChI is InChI=1S/C24H32N2O5S/c1-18(2)15-26(16-19(3)4)23(27)17-31-24(28)20-11-13-22(14-12-20)32(29,30)25(5)21-9-7-6-8-10-21/h6-14,18-19H,15-17H2,1-5H3. The van der Waals surface area contributed by atoms with E-state index in [1.165, 1.54) is 35.6 Å². The Morgan fingerprint density at radius 3 is 1.91 bits per heavy atom. The number of hydrogen-bond acceptors (Lipinski definition) is 5. The number of hydrogen-bond donors (Lipinski definition) is 0. The minimum absolute atomic E-state index is 0.0523. The summed E-state index contributed by atoms with van der Waals surface area (Å²) in [7, 11) is -2.30. The van der Waals surface area contributed by atoms with Gasteiger partial charge in [0.05, 0.1) is 16.1 Å². The van der Waals surface area contributed by atoms with Crippen molar-refractivity contribution in [2.45, 2.75) is 32.6 Å². The molecule has 0 heterocycles. The number of carbonyl (C=O) groups excluding carboxylic acids is 2. The monoisotopic (exact) mass is 460 g/mol. The molecule has 1 amide bonds. The Bertz CT molecular complexity index is 992. The lowest BCUT2D eigenvalue weighted by molar-refractivity contribution is -0.135. The van der Waals surface area contributed by atoms with E-state index in [-0.39, 0.29) is 23.0 Å². The number of carbonyl (C=O) groups is 2. The summed E-state index contributed by atoms with van der Waals surface area (Å²) in [4.78, 5) is 26.6. The minimum atomic E-state index is -3.77. The Labute approximate surface area is 191 Å². The first-order valence-electron chi connectivity index (χ1n) is 10.6. The van der Waals surface area contributed by atoms with E-state index in [1.54, 1.807) is 35.2 Å². The Morgan fingerprint density at radius 2 is 1.41 bits per heavy atom. The summed E-state index contributed by atoms with van der Waals surface area (Å²) >= 11 is 0. The van der Waals surface area contributed by atoms with Gasteiger partial charge in [-0.3, -0.25) is 9.10 Å². The molecular weight excluding hydrogens is 428 g/mol. The molecule has 0 radical (unpaired) electrons. The van der Waals surface area contributed by atoms with Crippen molar-refractivity contribution in [3.8, 4) is 0 Å². The summed E-state index contributed by atoms with van der Waals surface area (Å²) in [6.07, 6.45) is 0. The molecule has 2 aromatic carbocycles. The second-order valence-electron chi connectivity index (χ2n) is 8.50. The number of ether oxygens (including phenoxy) is 1. The van der Waals surface area contributed by atoms with Crippen molar-refractivity contribution >= 4 is 27.6 Å². The second kappa shape index (κ2) is 11.1. The van der Waals surface area contributed by atoms with E-state index in [0.717, 1.165) is 0 Å². The molecule has 0 saturated carbocycles. The van der Waals surface area contributed by atoms with Crippen molar-refractivity contribution < 1.29 is 22.7 Å². The average Bonchev–Trinajstić information content (AvgIpc) is 2.76. The van der Waals surface area contributed by atoms with Crippen molar-refractivity contribution in [1.82, 2.24) is 4.90 Å². The molecule has 0 spiro atoms.